The van der Waals surface area contributed by atoms with Crippen molar-refractivity contribution >= 4 is 22.5 Å². The summed E-state index contributed by atoms with van der Waals surface area (Å²) >= 11 is 0. The van der Waals surface area contributed by atoms with Crippen molar-refractivity contribution in [1.29, 1.82) is 0 Å². The molecular weight excluding hydrogens is 260 g/mol. The Balaban J connectivity index is 1.89. The van der Waals surface area contributed by atoms with Crippen LogP contribution in [-0.4, -0.2) is 38.6 Å². The number of non-ortho nitro benzene ring substituents is 1. The van der Waals surface area contributed by atoms with Crippen LogP contribution in [0.15, 0.2) is 24.4 Å². The van der Waals surface area contributed by atoms with Gasteiger partial charge in [-0.1, -0.05) is 0 Å². The first kappa shape index (κ1) is 12.6. The normalized spacial score (nSPS) is 14.9. The van der Waals surface area contributed by atoms with Crippen molar-refractivity contribution in [2.75, 3.05) is 13.1 Å². The SMILES string of the molecule is O=C(Cn1ncc2ccc([N+](=O)[O-])cc21)N1CCCC1. The molecule has 1 aliphatic rings. The van der Waals surface area contributed by atoms with Crippen molar-refractivity contribution in [3.05, 3.63) is 34.5 Å². The van der Waals surface area contributed by atoms with Gasteiger partial charge < -0.3 is 4.90 Å². The smallest absolute Gasteiger partial charge is 0.271 e. The molecule has 3 rings (SSSR count). The van der Waals surface area contributed by atoms with E-state index in [-0.39, 0.29) is 18.1 Å². The number of nitro benzene ring substituents is 1. The molecular formula is C13H14N4O3. The molecule has 7 heteroatoms. The average Bonchev–Trinajstić information content (AvgIpc) is 3.08. The van der Waals surface area contributed by atoms with Crippen LogP contribution >= 0.6 is 0 Å². The summed E-state index contributed by atoms with van der Waals surface area (Å²) in [6, 6.07) is 4.55. The third-order valence-corrected chi connectivity index (χ3v) is 3.58. The van der Waals surface area contributed by atoms with Crippen LogP contribution in [0, 0.1) is 10.1 Å². The zero-order valence-electron chi connectivity index (χ0n) is 10.9. The summed E-state index contributed by atoms with van der Waals surface area (Å²) in [7, 11) is 0. The van der Waals surface area contributed by atoms with Crippen LogP contribution < -0.4 is 0 Å². The topological polar surface area (TPSA) is 81.3 Å². The van der Waals surface area contributed by atoms with Gasteiger partial charge in [0, 0.05) is 30.6 Å². The Bertz CT molecular complexity index is 673. The molecule has 2 aromatic rings. The number of carbonyl (C=O) groups is 1. The molecule has 0 aliphatic carbocycles. The molecule has 1 aliphatic heterocycles. The van der Waals surface area contributed by atoms with Gasteiger partial charge in [-0.05, 0) is 18.9 Å². The molecule has 20 heavy (non-hydrogen) atoms. The Morgan fingerprint density at radius 2 is 2.10 bits per heavy atom. The van der Waals surface area contributed by atoms with E-state index in [1.165, 1.54) is 16.8 Å². The summed E-state index contributed by atoms with van der Waals surface area (Å²) in [5, 5.41) is 15.8. The van der Waals surface area contributed by atoms with Gasteiger partial charge in [0.05, 0.1) is 16.6 Å². The quantitative estimate of drug-likeness (QED) is 0.628. The zero-order chi connectivity index (χ0) is 14.1. The molecule has 0 unspecified atom stereocenters. The number of hydrogen-bond acceptors (Lipinski definition) is 4. The molecule has 2 heterocycles. The Morgan fingerprint density at radius 3 is 2.80 bits per heavy atom. The van der Waals surface area contributed by atoms with Crippen molar-refractivity contribution in [2.24, 2.45) is 0 Å². The maximum absolute atomic E-state index is 12.1. The summed E-state index contributed by atoms with van der Waals surface area (Å²) in [6.45, 7) is 1.71. The molecule has 1 amide bonds. The second kappa shape index (κ2) is 4.92. The molecule has 1 saturated heterocycles. The number of rotatable bonds is 3. The van der Waals surface area contributed by atoms with Gasteiger partial charge in [0.25, 0.3) is 5.69 Å². The van der Waals surface area contributed by atoms with E-state index in [1.54, 1.807) is 12.3 Å². The fourth-order valence-corrected chi connectivity index (χ4v) is 2.49. The van der Waals surface area contributed by atoms with E-state index in [1.807, 2.05) is 4.90 Å². The Kier molecular flexibility index (Phi) is 3.09. The van der Waals surface area contributed by atoms with E-state index in [4.69, 9.17) is 0 Å². The lowest BCUT2D eigenvalue weighted by Gasteiger charge is -2.15. The number of fused-ring (bicyclic) bond motifs is 1. The fraction of sp³-hybridized carbons (Fsp3) is 0.385. The number of amides is 1. The van der Waals surface area contributed by atoms with Crippen molar-refractivity contribution < 1.29 is 9.72 Å². The van der Waals surface area contributed by atoms with E-state index in [9.17, 15) is 14.9 Å². The van der Waals surface area contributed by atoms with Crippen molar-refractivity contribution in [2.45, 2.75) is 19.4 Å². The number of likely N-dealkylation sites (tertiary alicyclic amines) is 1. The fourth-order valence-electron chi connectivity index (χ4n) is 2.49. The molecule has 0 spiro atoms. The van der Waals surface area contributed by atoms with Gasteiger partial charge >= 0.3 is 0 Å². The molecule has 104 valence electrons. The summed E-state index contributed by atoms with van der Waals surface area (Å²) in [4.78, 5) is 24.3. The van der Waals surface area contributed by atoms with Gasteiger partial charge in [-0.3, -0.25) is 19.6 Å². The number of hydrogen-bond donors (Lipinski definition) is 0. The van der Waals surface area contributed by atoms with Crippen LogP contribution in [0.2, 0.25) is 0 Å². The van der Waals surface area contributed by atoms with Crippen molar-refractivity contribution in [1.82, 2.24) is 14.7 Å². The van der Waals surface area contributed by atoms with Gasteiger partial charge in [-0.15, -0.1) is 0 Å². The highest BCUT2D eigenvalue weighted by atomic mass is 16.6. The highest BCUT2D eigenvalue weighted by Gasteiger charge is 2.19. The molecule has 0 N–H and O–H groups in total. The minimum Gasteiger partial charge on any atom is -0.341 e. The first-order valence-electron chi connectivity index (χ1n) is 6.53. The first-order valence-corrected chi connectivity index (χ1v) is 6.53. The number of benzene rings is 1. The third-order valence-electron chi connectivity index (χ3n) is 3.58. The molecule has 0 bridgehead atoms. The van der Waals surface area contributed by atoms with Crippen LogP contribution in [0.5, 0.6) is 0 Å². The van der Waals surface area contributed by atoms with Gasteiger partial charge in [0.15, 0.2) is 0 Å². The number of carbonyl (C=O) groups excluding carboxylic acids is 1. The molecule has 0 saturated carbocycles. The van der Waals surface area contributed by atoms with Crippen LogP contribution in [0.4, 0.5) is 5.69 Å². The van der Waals surface area contributed by atoms with E-state index in [0.717, 1.165) is 31.3 Å². The maximum atomic E-state index is 12.1. The molecule has 0 atom stereocenters. The molecule has 1 aromatic heterocycles. The minimum atomic E-state index is -0.445. The van der Waals surface area contributed by atoms with E-state index in [2.05, 4.69) is 5.10 Å². The van der Waals surface area contributed by atoms with Crippen molar-refractivity contribution in [3.8, 4) is 0 Å². The highest BCUT2D eigenvalue weighted by Crippen LogP contribution is 2.21. The lowest BCUT2D eigenvalue weighted by molar-refractivity contribution is -0.384. The van der Waals surface area contributed by atoms with Gasteiger partial charge in [-0.25, -0.2) is 0 Å². The number of nitrogens with zero attached hydrogens (tertiary/aromatic N) is 4. The van der Waals surface area contributed by atoms with Crippen LogP contribution in [-0.2, 0) is 11.3 Å². The molecule has 7 nitrogen and oxygen atoms in total. The van der Waals surface area contributed by atoms with E-state index in [0.29, 0.717) is 5.52 Å². The molecule has 1 fully saturated rings. The van der Waals surface area contributed by atoms with E-state index < -0.39 is 4.92 Å². The highest BCUT2D eigenvalue weighted by molar-refractivity contribution is 5.83. The summed E-state index contributed by atoms with van der Waals surface area (Å²) < 4.78 is 1.53. The third kappa shape index (κ3) is 2.22. The van der Waals surface area contributed by atoms with Gasteiger partial charge in [0.2, 0.25) is 5.91 Å². The minimum absolute atomic E-state index is 0.00729. The largest absolute Gasteiger partial charge is 0.341 e. The number of aromatic nitrogens is 2. The van der Waals surface area contributed by atoms with Gasteiger partial charge in [0.1, 0.15) is 6.54 Å². The summed E-state index contributed by atoms with van der Waals surface area (Å²) in [5.74, 6) is 0.0130. The van der Waals surface area contributed by atoms with E-state index >= 15 is 0 Å². The predicted molar refractivity (Wildman–Crippen MR) is 72.2 cm³/mol. The Labute approximate surface area is 114 Å². The Hall–Kier alpha value is -2.44. The van der Waals surface area contributed by atoms with Crippen LogP contribution in [0.25, 0.3) is 10.9 Å². The monoisotopic (exact) mass is 274 g/mol. The molecule has 0 radical (unpaired) electrons. The lowest BCUT2D eigenvalue weighted by atomic mass is 10.2. The van der Waals surface area contributed by atoms with Gasteiger partial charge in [-0.2, -0.15) is 5.10 Å². The number of nitro groups is 1. The first-order chi connectivity index (χ1) is 9.65. The second-order valence-electron chi connectivity index (χ2n) is 4.89. The lowest BCUT2D eigenvalue weighted by Crippen LogP contribution is -2.31. The van der Waals surface area contributed by atoms with Crippen LogP contribution in [0.1, 0.15) is 12.8 Å². The molecule has 1 aromatic carbocycles. The van der Waals surface area contributed by atoms with Crippen molar-refractivity contribution in [3.63, 3.8) is 0 Å². The standard InChI is InChI=1S/C13H14N4O3/c18-13(15-5-1-2-6-15)9-16-12-7-11(17(19)20)4-3-10(12)8-14-16/h3-4,7-8H,1-2,5-6,9H2. The van der Waals surface area contributed by atoms with Crippen LogP contribution in [0.3, 0.4) is 0 Å². The predicted octanol–water partition coefficient (Wildman–Crippen LogP) is 1.57. The Morgan fingerprint density at radius 1 is 1.35 bits per heavy atom. The maximum Gasteiger partial charge on any atom is 0.271 e. The summed E-state index contributed by atoms with van der Waals surface area (Å²) in [5.41, 5.74) is 0.625. The average molecular weight is 274 g/mol. The summed E-state index contributed by atoms with van der Waals surface area (Å²) in [6.07, 6.45) is 3.70. The zero-order valence-corrected chi connectivity index (χ0v) is 10.9. The second-order valence-corrected chi connectivity index (χ2v) is 4.89.